The highest BCUT2D eigenvalue weighted by atomic mass is 35.5. The minimum absolute atomic E-state index is 0.252. The van der Waals surface area contributed by atoms with Crippen LogP contribution in [0.3, 0.4) is 0 Å². The van der Waals surface area contributed by atoms with Crippen molar-refractivity contribution in [2.45, 2.75) is 13.0 Å². The van der Waals surface area contributed by atoms with Crippen LogP contribution in [0.15, 0.2) is 72.8 Å². The molecule has 166 valence electrons. The summed E-state index contributed by atoms with van der Waals surface area (Å²) >= 11 is 5.97. The van der Waals surface area contributed by atoms with Crippen molar-refractivity contribution < 1.29 is 19.2 Å². The van der Waals surface area contributed by atoms with Gasteiger partial charge in [0.2, 0.25) is 5.91 Å². The van der Waals surface area contributed by atoms with E-state index >= 15 is 0 Å². The maximum absolute atomic E-state index is 13.1. The summed E-state index contributed by atoms with van der Waals surface area (Å²) in [4.78, 5) is 52.0. The van der Waals surface area contributed by atoms with Gasteiger partial charge in [-0.25, -0.2) is 0 Å². The third kappa shape index (κ3) is 4.63. The first-order valence-corrected chi connectivity index (χ1v) is 10.6. The lowest BCUT2D eigenvalue weighted by Crippen LogP contribution is -2.44. The minimum Gasteiger partial charge on any atom is -0.339 e. The first-order chi connectivity index (χ1) is 15.8. The minimum atomic E-state index is -1.07. The van der Waals surface area contributed by atoms with Gasteiger partial charge in [0.05, 0.1) is 11.1 Å². The smallest absolute Gasteiger partial charge is 0.262 e. The Labute approximate surface area is 195 Å². The van der Waals surface area contributed by atoms with Gasteiger partial charge in [-0.2, -0.15) is 0 Å². The van der Waals surface area contributed by atoms with Gasteiger partial charge in [0.15, 0.2) is 0 Å². The summed E-state index contributed by atoms with van der Waals surface area (Å²) in [7, 11) is 0. The quantitative estimate of drug-likeness (QED) is 0.546. The number of carbonyl (C=O) groups excluding carboxylic acids is 4. The number of halogens is 1. The van der Waals surface area contributed by atoms with Crippen LogP contribution in [0.4, 0.5) is 5.69 Å². The van der Waals surface area contributed by atoms with Crippen molar-refractivity contribution in [2.24, 2.45) is 0 Å². The number of para-hydroxylation sites is 1. The normalized spacial score (nSPS) is 13.5. The first kappa shape index (κ1) is 22.2. The number of fused-ring (bicyclic) bond motifs is 1. The van der Waals surface area contributed by atoms with Gasteiger partial charge in [-0.1, -0.05) is 54.1 Å². The number of rotatable bonds is 6. The number of imide groups is 1. The van der Waals surface area contributed by atoms with Crippen molar-refractivity contribution in [3.8, 4) is 0 Å². The Bertz CT molecular complexity index is 1220. The lowest BCUT2D eigenvalue weighted by Gasteiger charge is -2.21. The summed E-state index contributed by atoms with van der Waals surface area (Å²) in [5, 5.41) is 5.95. The van der Waals surface area contributed by atoms with Gasteiger partial charge in [-0.05, 0) is 48.4 Å². The second-order valence-corrected chi connectivity index (χ2v) is 8.03. The van der Waals surface area contributed by atoms with Crippen LogP contribution in [0.2, 0.25) is 5.02 Å². The Morgan fingerprint density at radius 2 is 1.45 bits per heavy atom. The molecule has 2 N–H and O–H groups in total. The van der Waals surface area contributed by atoms with Crippen LogP contribution in [0.25, 0.3) is 0 Å². The van der Waals surface area contributed by atoms with Crippen molar-refractivity contribution in [3.05, 3.63) is 100 Å². The monoisotopic (exact) mass is 461 g/mol. The van der Waals surface area contributed by atoms with E-state index in [4.69, 9.17) is 11.6 Å². The molecule has 0 spiro atoms. The van der Waals surface area contributed by atoms with Crippen LogP contribution in [-0.4, -0.2) is 35.1 Å². The number of nitrogens with zero attached hydrogens (tertiary/aromatic N) is 1. The summed E-state index contributed by atoms with van der Waals surface area (Å²) in [6.45, 7) is 1.35. The van der Waals surface area contributed by atoms with Crippen LogP contribution < -0.4 is 10.6 Å². The summed E-state index contributed by atoms with van der Waals surface area (Å²) in [5.41, 5.74) is 2.47. The van der Waals surface area contributed by atoms with E-state index in [2.05, 4.69) is 10.6 Å². The molecule has 4 rings (SSSR count). The van der Waals surface area contributed by atoms with Crippen LogP contribution >= 0.6 is 11.6 Å². The molecule has 1 aliphatic heterocycles. The fraction of sp³-hybridized carbons (Fsp3) is 0.120. The molecule has 0 aromatic heterocycles. The van der Waals surface area contributed by atoms with E-state index in [9.17, 15) is 19.2 Å². The maximum atomic E-state index is 13.1. The average molecular weight is 462 g/mol. The standard InChI is InChI=1S/C25H20ClN3O4/c1-15-6-2-5-9-20(15)27-23(31)22(16-10-12-17(26)13-11-16)28-21(30)14-29-24(32)18-7-3-4-8-19(18)25(29)33/h2-13,22H,14H2,1H3,(H,27,31)(H,28,30). The average Bonchev–Trinajstić information content (AvgIpc) is 3.04. The number of benzene rings is 3. The highest BCUT2D eigenvalue weighted by Gasteiger charge is 2.37. The maximum Gasteiger partial charge on any atom is 0.262 e. The molecule has 33 heavy (non-hydrogen) atoms. The van der Waals surface area contributed by atoms with Gasteiger partial charge in [-0.15, -0.1) is 0 Å². The molecule has 1 heterocycles. The zero-order chi connectivity index (χ0) is 23.5. The van der Waals surface area contributed by atoms with Crippen molar-refractivity contribution in [2.75, 3.05) is 11.9 Å². The van der Waals surface area contributed by atoms with E-state index in [0.717, 1.165) is 10.5 Å². The number of hydrogen-bond donors (Lipinski definition) is 2. The molecule has 0 bridgehead atoms. The van der Waals surface area contributed by atoms with E-state index in [1.54, 1.807) is 60.7 Å². The van der Waals surface area contributed by atoms with Crippen LogP contribution in [-0.2, 0) is 9.59 Å². The Morgan fingerprint density at radius 1 is 0.879 bits per heavy atom. The second-order valence-electron chi connectivity index (χ2n) is 7.60. The number of hydrogen-bond acceptors (Lipinski definition) is 4. The topological polar surface area (TPSA) is 95.6 Å². The lowest BCUT2D eigenvalue weighted by molar-refractivity contribution is -0.126. The van der Waals surface area contributed by atoms with Crippen molar-refractivity contribution in [3.63, 3.8) is 0 Å². The summed E-state index contributed by atoms with van der Waals surface area (Å²) < 4.78 is 0. The SMILES string of the molecule is Cc1ccccc1NC(=O)C(NC(=O)CN1C(=O)c2ccccc2C1=O)c1ccc(Cl)cc1. The molecular weight excluding hydrogens is 442 g/mol. The molecule has 3 aromatic carbocycles. The molecule has 0 saturated heterocycles. The van der Waals surface area contributed by atoms with E-state index < -0.39 is 36.2 Å². The van der Waals surface area contributed by atoms with E-state index in [0.29, 0.717) is 16.3 Å². The number of amides is 4. The Hall–Kier alpha value is -3.97. The van der Waals surface area contributed by atoms with Crippen LogP contribution in [0.1, 0.15) is 37.9 Å². The van der Waals surface area contributed by atoms with E-state index in [-0.39, 0.29) is 11.1 Å². The molecule has 1 aliphatic rings. The molecule has 1 atom stereocenters. The first-order valence-electron chi connectivity index (χ1n) is 10.2. The third-order valence-electron chi connectivity index (χ3n) is 5.35. The van der Waals surface area contributed by atoms with Gasteiger partial charge < -0.3 is 10.6 Å². The Balaban J connectivity index is 1.54. The number of anilines is 1. The van der Waals surface area contributed by atoms with Crippen LogP contribution in [0, 0.1) is 6.92 Å². The molecule has 0 saturated carbocycles. The molecule has 0 aliphatic carbocycles. The van der Waals surface area contributed by atoms with Gasteiger partial charge in [0.1, 0.15) is 12.6 Å². The Morgan fingerprint density at radius 3 is 2.06 bits per heavy atom. The van der Waals surface area contributed by atoms with Gasteiger partial charge in [0, 0.05) is 10.7 Å². The molecule has 3 aromatic rings. The molecular formula is C25H20ClN3O4. The van der Waals surface area contributed by atoms with Gasteiger partial charge >= 0.3 is 0 Å². The van der Waals surface area contributed by atoms with Crippen molar-refractivity contribution >= 4 is 40.9 Å². The molecule has 7 nitrogen and oxygen atoms in total. The second kappa shape index (κ2) is 9.26. The fourth-order valence-electron chi connectivity index (χ4n) is 3.61. The van der Waals surface area contributed by atoms with Gasteiger partial charge in [-0.3, -0.25) is 24.1 Å². The Kier molecular flexibility index (Phi) is 6.24. The predicted octanol–water partition coefficient (Wildman–Crippen LogP) is 3.74. The zero-order valence-electron chi connectivity index (χ0n) is 17.7. The molecule has 1 unspecified atom stereocenters. The zero-order valence-corrected chi connectivity index (χ0v) is 18.4. The molecule has 4 amide bonds. The fourth-order valence-corrected chi connectivity index (χ4v) is 3.73. The van der Waals surface area contributed by atoms with Crippen molar-refractivity contribution in [1.29, 1.82) is 0 Å². The molecule has 8 heteroatoms. The van der Waals surface area contributed by atoms with E-state index in [1.807, 2.05) is 19.1 Å². The highest BCUT2D eigenvalue weighted by molar-refractivity contribution is 6.30. The highest BCUT2D eigenvalue weighted by Crippen LogP contribution is 2.23. The molecule has 0 radical (unpaired) electrons. The number of nitrogens with one attached hydrogen (secondary N) is 2. The summed E-state index contributed by atoms with van der Waals surface area (Å²) in [6, 6.07) is 19.1. The third-order valence-corrected chi connectivity index (χ3v) is 5.61. The lowest BCUT2D eigenvalue weighted by atomic mass is 10.1. The van der Waals surface area contributed by atoms with Crippen molar-refractivity contribution in [1.82, 2.24) is 10.2 Å². The van der Waals surface area contributed by atoms with Crippen LogP contribution in [0.5, 0.6) is 0 Å². The largest absolute Gasteiger partial charge is 0.339 e. The number of aryl methyl sites for hydroxylation is 1. The predicted molar refractivity (Wildman–Crippen MR) is 124 cm³/mol. The number of carbonyl (C=O) groups is 4. The summed E-state index contributed by atoms with van der Waals surface area (Å²) in [6.07, 6.45) is 0. The van der Waals surface area contributed by atoms with Gasteiger partial charge in [0.25, 0.3) is 17.7 Å². The molecule has 0 fully saturated rings. The summed E-state index contributed by atoms with van der Waals surface area (Å²) in [5.74, 6) is -2.21. The van der Waals surface area contributed by atoms with E-state index in [1.165, 1.54) is 0 Å².